The van der Waals surface area contributed by atoms with E-state index in [-0.39, 0.29) is 11.9 Å². The number of ether oxygens (including phenoxy) is 2. The van der Waals surface area contributed by atoms with E-state index in [0.717, 1.165) is 34.6 Å². The summed E-state index contributed by atoms with van der Waals surface area (Å²) in [6.45, 7) is 6.84. The molecule has 1 unspecified atom stereocenters. The molecule has 3 aromatic carbocycles. The second-order valence-corrected chi connectivity index (χ2v) is 7.98. The van der Waals surface area contributed by atoms with Gasteiger partial charge in [0, 0.05) is 5.56 Å². The number of allylic oxidation sites excluding steroid dienone is 1. The third-order valence-corrected chi connectivity index (χ3v) is 5.68. The molecule has 0 aliphatic rings. The van der Waals surface area contributed by atoms with Crippen molar-refractivity contribution in [3.63, 3.8) is 0 Å². The van der Waals surface area contributed by atoms with Crippen LogP contribution in [0.25, 0.3) is 11.0 Å². The maximum Gasteiger partial charge on any atom is 0.251 e. The number of aromatic nitrogens is 2. The first kappa shape index (κ1) is 23.1. The summed E-state index contributed by atoms with van der Waals surface area (Å²) in [5.74, 6) is 2.18. The number of methoxy groups -OCH3 is 1. The van der Waals surface area contributed by atoms with Crippen molar-refractivity contribution in [2.24, 2.45) is 0 Å². The maximum atomic E-state index is 12.8. The lowest BCUT2D eigenvalue weighted by atomic mass is 10.1. The Morgan fingerprint density at radius 2 is 1.82 bits per heavy atom. The van der Waals surface area contributed by atoms with E-state index < -0.39 is 0 Å². The molecule has 1 amide bonds. The third-order valence-electron chi connectivity index (χ3n) is 5.68. The first-order valence-electron chi connectivity index (χ1n) is 11.3. The van der Waals surface area contributed by atoms with Crippen LogP contribution in [0, 0.1) is 0 Å². The molecule has 1 atom stereocenters. The smallest absolute Gasteiger partial charge is 0.251 e. The van der Waals surface area contributed by atoms with Crippen molar-refractivity contribution in [2.45, 2.75) is 25.9 Å². The van der Waals surface area contributed by atoms with Gasteiger partial charge in [-0.1, -0.05) is 36.4 Å². The van der Waals surface area contributed by atoms with Crippen molar-refractivity contribution >= 4 is 16.9 Å². The summed E-state index contributed by atoms with van der Waals surface area (Å²) in [6, 6.07) is 22.7. The van der Waals surface area contributed by atoms with Gasteiger partial charge in [-0.25, -0.2) is 4.98 Å². The SMILES string of the molecule is C=CCc1ccccc1OCCn1c(C(C)NC(=O)c2ccc(OC)cc2)nc2ccccc21. The molecule has 0 bridgehead atoms. The molecule has 0 radical (unpaired) electrons. The normalized spacial score (nSPS) is 11.7. The molecule has 4 aromatic rings. The summed E-state index contributed by atoms with van der Waals surface area (Å²) < 4.78 is 13.4. The summed E-state index contributed by atoms with van der Waals surface area (Å²) in [4.78, 5) is 17.6. The van der Waals surface area contributed by atoms with Gasteiger partial charge in [-0.05, 0) is 61.4 Å². The average Bonchev–Trinajstić information content (AvgIpc) is 3.24. The number of fused-ring (bicyclic) bond motifs is 1. The Labute approximate surface area is 199 Å². The van der Waals surface area contributed by atoms with Crippen molar-refractivity contribution in [3.8, 4) is 11.5 Å². The lowest BCUT2D eigenvalue weighted by Gasteiger charge is -2.17. The van der Waals surface area contributed by atoms with E-state index in [4.69, 9.17) is 14.5 Å². The number of carbonyl (C=O) groups is 1. The fraction of sp³-hybridized carbons (Fsp3) is 0.214. The molecule has 0 aliphatic heterocycles. The van der Waals surface area contributed by atoms with Gasteiger partial charge in [-0.15, -0.1) is 6.58 Å². The molecule has 1 aromatic heterocycles. The number of hydrogen-bond donors (Lipinski definition) is 1. The Hall–Kier alpha value is -4.06. The monoisotopic (exact) mass is 455 g/mol. The lowest BCUT2D eigenvalue weighted by molar-refractivity contribution is 0.0937. The van der Waals surface area contributed by atoms with Crippen LogP contribution in [0.3, 0.4) is 0 Å². The highest BCUT2D eigenvalue weighted by Gasteiger charge is 2.19. The van der Waals surface area contributed by atoms with Gasteiger partial charge in [0.1, 0.15) is 23.9 Å². The number of nitrogens with zero attached hydrogens (tertiary/aromatic N) is 2. The van der Waals surface area contributed by atoms with E-state index in [2.05, 4.69) is 16.5 Å². The first-order chi connectivity index (χ1) is 16.6. The Morgan fingerprint density at radius 1 is 1.09 bits per heavy atom. The molecule has 0 fully saturated rings. The lowest BCUT2D eigenvalue weighted by Crippen LogP contribution is -2.29. The molecule has 0 saturated heterocycles. The van der Waals surface area contributed by atoms with Crippen LogP contribution in [-0.4, -0.2) is 29.2 Å². The van der Waals surface area contributed by atoms with Crippen molar-refractivity contribution in [3.05, 3.63) is 102 Å². The minimum absolute atomic E-state index is 0.164. The highest BCUT2D eigenvalue weighted by molar-refractivity contribution is 5.94. The fourth-order valence-corrected chi connectivity index (χ4v) is 3.96. The number of benzene rings is 3. The molecule has 6 nitrogen and oxygen atoms in total. The highest BCUT2D eigenvalue weighted by Crippen LogP contribution is 2.23. The Bertz CT molecular complexity index is 1280. The van der Waals surface area contributed by atoms with Crippen molar-refractivity contribution < 1.29 is 14.3 Å². The van der Waals surface area contributed by atoms with Gasteiger partial charge >= 0.3 is 0 Å². The molecule has 0 saturated carbocycles. The first-order valence-corrected chi connectivity index (χ1v) is 11.3. The van der Waals surface area contributed by atoms with Crippen LogP contribution >= 0.6 is 0 Å². The average molecular weight is 456 g/mol. The van der Waals surface area contributed by atoms with Crippen molar-refractivity contribution in [1.82, 2.24) is 14.9 Å². The van der Waals surface area contributed by atoms with Crippen LogP contribution in [0.2, 0.25) is 0 Å². The molecule has 0 aliphatic carbocycles. The number of para-hydroxylation sites is 3. The number of amides is 1. The summed E-state index contributed by atoms with van der Waals surface area (Å²) >= 11 is 0. The van der Waals surface area contributed by atoms with E-state index in [0.29, 0.717) is 24.5 Å². The van der Waals surface area contributed by atoms with Gasteiger partial charge in [-0.2, -0.15) is 0 Å². The number of hydrogen-bond acceptors (Lipinski definition) is 4. The number of rotatable bonds is 10. The molecular formula is C28H29N3O3. The Kier molecular flexibility index (Phi) is 7.28. The predicted octanol–water partition coefficient (Wildman–Crippen LogP) is 5.34. The van der Waals surface area contributed by atoms with Crippen molar-refractivity contribution in [1.29, 1.82) is 0 Å². The zero-order chi connectivity index (χ0) is 23.9. The number of carbonyl (C=O) groups excluding carboxylic acids is 1. The van der Waals surface area contributed by atoms with Gasteiger partial charge < -0.3 is 19.4 Å². The Morgan fingerprint density at radius 3 is 2.59 bits per heavy atom. The van der Waals surface area contributed by atoms with E-state index in [1.807, 2.05) is 61.5 Å². The predicted molar refractivity (Wildman–Crippen MR) is 134 cm³/mol. The highest BCUT2D eigenvalue weighted by atomic mass is 16.5. The van der Waals surface area contributed by atoms with Crippen LogP contribution < -0.4 is 14.8 Å². The van der Waals surface area contributed by atoms with E-state index in [1.165, 1.54) is 0 Å². The third kappa shape index (κ3) is 5.12. The number of imidazole rings is 1. The molecular weight excluding hydrogens is 426 g/mol. The zero-order valence-electron chi connectivity index (χ0n) is 19.5. The van der Waals surface area contributed by atoms with Gasteiger partial charge in [0.25, 0.3) is 5.91 Å². The molecule has 6 heteroatoms. The van der Waals surface area contributed by atoms with Crippen LogP contribution in [0.15, 0.2) is 85.5 Å². The molecule has 0 spiro atoms. The van der Waals surface area contributed by atoms with Crippen LogP contribution in [0.4, 0.5) is 0 Å². The topological polar surface area (TPSA) is 65.4 Å². The fourth-order valence-electron chi connectivity index (χ4n) is 3.96. The minimum Gasteiger partial charge on any atom is -0.497 e. The zero-order valence-corrected chi connectivity index (χ0v) is 19.5. The standard InChI is InChI=1S/C28H29N3O3/c1-4-9-21-10-5-8-13-26(21)34-19-18-31-25-12-7-6-11-24(25)30-27(31)20(2)29-28(32)22-14-16-23(33-3)17-15-22/h4-8,10-17,20H,1,9,18-19H2,2-3H3,(H,29,32). The van der Waals surface area contributed by atoms with Crippen LogP contribution in [0.1, 0.15) is 34.7 Å². The van der Waals surface area contributed by atoms with Gasteiger partial charge in [0.05, 0.1) is 30.7 Å². The number of nitrogens with one attached hydrogen (secondary N) is 1. The van der Waals surface area contributed by atoms with E-state index >= 15 is 0 Å². The molecule has 174 valence electrons. The summed E-state index contributed by atoms with van der Waals surface area (Å²) in [6.07, 6.45) is 2.63. The summed E-state index contributed by atoms with van der Waals surface area (Å²) in [5.41, 5.74) is 3.56. The molecule has 34 heavy (non-hydrogen) atoms. The van der Waals surface area contributed by atoms with E-state index in [1.54, 1.807) is 31.4 Å². The second-order valence-electron chi connectivity index (χ2n) is 7.98. The molecule has 1 heterocycles. The summed E-state index contributed by atoms with van der Waals surface area (Å²) in [5, 5.41) is 3.07. The van der Waals surface area contributed by atoms with Crippen LogP contribution in [0.5, 0.6) is 11.5 Å². The molecule has 1 N–H and O–H groups in total. The Balaban J connectivity index is 1.52. The minimum atomic E-state index is -0.296. The maximum absolute atomic E-state index is 12.8. The van der Waals surface area contributed by atoms with Crippen molar-refractivity contribution in [2.75, 3.05) is 13.7 Å². The summed E-state index contributed by atoms with van der Waals surface area (Å²) in [7, 11) is 1.60. The van der Waals surface area contributed by atoms with Gasteiger partial charge in [0.15, 0.2) is 0 Å². The van der Waals surface area contributed by atoms with Crippen LogP contribution in [-0.2, 0) is 13.0 Å². The van der Waals surface area contributed by atoms with E-state index in [9.17, 15) is 4.79 Å². The molecule has 4 rings (SSSR count). The van der Waals surface area contributed by atoms with Gasteiger partial charge in [-0.3, -0.25) is 4.79 Å². The van der Waals surface area contributed by atoms with Gasteiger partial charge in [0.2, 0.25) is 0 Å². The second kappa shape index (κ2) is 10.7. The quantitative estimate of drug-likeness (QED) is 0.328. The largest absolute Gasteiger partial charge is 0.497 e.